The van der Waals surface area contributed by atoms with Gasteiger partial charge < -0.3 is 10.2 Å². The van der Waals surface area contributed by atoms with Crippen molar-refractivity contribution in [2.24, 2.45) is 0 Å². The van der Waals surface area contributed by atoms with Crippen molar-refractivity contribution < 1.29 is 9.59 Å². The average molecular weight is 423 g/mol. The van der Waals surface area contributed by atoms with Crippen molar-refractivity contribution in [3.63, 3.8) is 0 Å². The monoisotopic (exact) mass is 422 g/mol. The first-order valence-electron chi connectivity index (χ1n) is 11.2. The largest absolute Gasteiger partial charge is 0.352 e. The van der Waals surface area contributed by atoms with Gasteiger partial charge in [-0.25, -0.2) is 0 Å². The van der Waals surface area contributed by atoms with Gasteiger partial charge in [0.05, 0.1) is 0 Å². The van der Waals surface area contributed by atoms with E-state index < -0.39 is 6.04 Å². The van der Waals surface area contributed by atoms with Gasteiger partial charge in [0.25, 0.3) is 0 Å². The third kappa shape index (κ3) is 7.23. The lowest BCUT2D eigenvalue weighted by molar-refractivity contribution is -0.140. The Bertz CT molecular complexity index is 879. The van der Waals surface area contributed by atoms with E-state index in [4.69, 9.17) is 0 Å². The summed E-state index contributed by atoms with van der Waals surface area (Å²) < 4.78 is 0. The Balaban J connectivity index is 2.15. The molecule has 4 heteroatoms. The van der Waals surface area contributed by atoms with E-state index >= 15 is 0 Å². The zero-order chi connectivity index (χ0) is 23.2. The molecule has 0 saturated carbocycles. The molecule has 0 fully saturated rings. The van der Waals surface area contributed by atoms with Gasteiger partial charge >= 0.3 is 0 Å². The number of aryl methyl sites for hydroxylation is 2. The molecule has 0 aromatic heterocycles. The van der Waals surface area contributed by atoms with Crippen LogP contribution in [0.4, 0.5) is 0 Å². The fourth-order valence-corrected chi connectivity index (χ4v) is 3.53. The normalized spacial score (nSPS) is 12.5. The number of hydrogen-bond donors (Lipinski definition) is 1. The van der Waals surface area contributed by atoms with Gasteiger partial charge in [-0.1, -0.05) is 69.3 Å². The topological polar surface area (TPSA) is 49.4 Å². The summed E-state index contributed by atoms with van der Waals surface area (Å²) in [6.45, 7) is 14.7. The van der Waals surface area contributed by atoms with Gasteiger partial charge in [-0.3, -0.25) is 9.59 Å². The second-order valence-electron chi connectivity index (χ2n) is 9.73. The minimum Gasteiger partial charge on any atom is -0.352 e. The third-order valence-electron chi connectivity index (χ3n) is 5.65. The second-order valence-corrected chi connectivity index (χ2v) is 9.73. The highest BCUT2D eigenvalue weighted by molar-refractivity contribution is 5.87. The number of carbonyl (C=O) groups excluding carboxylic acids is 2. The quantitative estimate of drug-likeness (QED) is 0.638. The summed E-state index contributed by atoms with van der Waals surface area (Å²) in [5.41, 5.74) is 4.71. The maximum atomic E-state index is 13.2. The van der Waals surface area contributed by atoms with E-state index in [1.54, 1.807) is 4.90 Å². The average Bonchev–Trinajstić information content (AvgIpc) is 2.70. The van der Waals surface area contributed by atoms with E-state index in [2.05, 4.69) is 50.4 Å². The summed E-state index contributed by atoms with van der Waals surface area (Å²) >= 11 is 0. The lowest BCUT2D eigenvalue weighted by Gasteiger charge is -2.30. The fraction of sp³-hybridized carbons (Fsp3) is 0.481. The first kappa shape index (κ1) is 24.6. The van der Waals surface area contributed by atoms with E-state index in [1.165, 1.54) is 5.56 Å². The maximum absolute atomic E-state index is 13.2. The van der Waals surface area contributed by atoms with Crippen LogP contribution in [0.2, 0.25) is 0 Å². The van der Waals surface area contributed by atoms with Crippen molar-refractivity contribution in [1.82, 2.24) is 10.2 Å². The molecular weight excluding hydrogens is 384 g/mol. The summed E-state index contributed by atoms with van der Waals surface area (Å²) in [4.78, 5) is 27.6. The molecule has 0 saturated heterocycles. The van der Waals surface area contributed by atoms with E-state index in [-0.39, 0.29) is 23.3 Å². The molecule has 0 aliphatic heterocycles. The molecular formula is C27H38N2O2. The third-order valence-corrected chi connectivity index (χ3v) is 5.65. The number of rotatable bonds is 8. The summed E-state index contributed by atoms with van der Waals surface area (Å²) in [5.74, 6) is -0.124. The Hall–Kier alpha value is -2.62. The highest BCUT2D eigenvalue weighted by atomic mass is 16.2. The number of benzene rings is 2. The zero-order valence-electron chi connectivity index (χ0n) is 20.2. The minimum atomic E-state index is -0.530. The first-order chi connectivity index (χ1) is 14.5. The van der Waals surface area contributed by atoms with E-state index in [9.17, 15) is 9.59 Å². The molecule has 0 heterocycles. The lowest BCUT2D eigenvalue weighted by Crippen LogP contribution is -2.49. The highest BCUT2D eigenvalue weighted by Crippen LogP contribution is 2.23. The number of nitrogens with one attached hydrogen (secondary N) is 1. The molecule has 0 spiro atoms. The van der Waals surface area contributed by atoms with Crippen molar-refractivity contribution in [2.75, 3.05) is 0 Å². The van der Waals surface area contributed by atoms with Crippen molar-refractivity contribution >= 4 is 11.8 Å². The van der Waals surface area contributed by atoms with Gasteiger partial charge in [-0.05, 0) is 61.8 Å². The lowest BCUT2D eigenvalue weighted by atomic mass is 9.86. The van der Waals surface area contributed by atoms with Crippen molar-refractivity contribution in [2.45, 2.75) is 85.4 Å². The molecule has 0 aliphatic rings. The number of nitrogens with zero attached hydrogens (tertiary/aromatic N) is 1. The molecule has 31 heavy (non-hydrogen) atoms. The fourth-order valence-electron chi connectivity index (χ4n) is 3.53. The van der Waals surface area contributed by atoms with Crippen molar-refractivity contribution in [3.8, 4) is 0 Å². The summed E-state index contributed by atoms with van der Waals surface area (Å²) in [6.07, 6.45) is 1.03. The smallest absolute Gasteiger partial charge is 0.242 e. The minimum absolute atomic E-state index is 0.00504. The van der Waals surface area contributed by atoms with Gasteiger partial charge in [-0.15, -0.1) is 0 Å². The predicted octanol–water partition coefficient (Wildman–Crippen LogP) is 5.17. The Morgan fingerprint density at radius 1 is 0.968 bits per heavy atom. The molecule has 0 unspecified atom stereocenters. The molecule has 0 bridgehead atoms. The van der Waals surface area contributed by atoms with Crippen LogP contribution in [-0.2, 0) is 28.0 Å². The highest BCUT2D eigenvalue weighted by Gasteiger charge is 2.26. The van der Waals surface area contributed by atoms with Crippen LogP contribution in [0.15, 0.2) is 48.5 Å². The van der Waals surface area contributed by atoms with Crippen LogP contribution in [0.25, 0.3) is 0 Å². The molecule has 0 aliphatic carbocycles. The SMILES string of the molecule is Cc1ccccc1CN(C(=O)CCc1ccc(C(C)(C)C)cc1)[C@H](C)C(=O)NC(C)C. The molecule has 1 atom stereocenters. The first-order valence-corrected chi connectivity index (χ1v) is 11.2. The Kier molecular flexibility index (Phi) is 8.43. The van der Waals surface area contributed by atoms with E-state index in [1.807, 2.05) is 52.0 Å². The standard InChI is InChI=1S/C27H38N2O2/c1-19(2)28-26(31)21(4)29(18-23-11-9-8-10-20(23)3)25(30)17-14-22-12-15-24(16-13-22)27(5,6)7/h8-13,15-16,19,21H,14,17-18H2,1-7H3,(H,28,31)/t21-/m1/s1. The number of amides is 2. The van der Waals surface area contributed by atoms with E-state index in [0.717, 1.165) is 16.7 Å². The Labute approximate surface area is 188 Å². The predicted molar refractivity (Wildman–Crippen MR) is 128 cm³/mol. The summed E-state index contributed by atoms with van der Waals surface area (Å²) in [6, 6.07) is 16.0. The molecule has 168 valence electrons. The number of carbonyl (C=O) groups is 2. The summed E-state index contributed by atoms with van der Waals surface area (Å²) in [7, 11) is 0. The molecule has 2 amide bonds. The van der Waals surface area contributed by atoms with Crippen LogP contribution in [0, 0.1) is 6.92 Å². The second kappa shape index (κ2) is 10.6. The maximum Gasteiger partial charge on any atom is 0.242 e. The molecule has 2 aromatic carbocycles. The van der Waals surface area contributed by atoms with Gasteiger partial charge in [0.1, 0.15) is 6.04 Å². The van der Waals surface area contributed by atoms with Crippen LogP contribution in [-0.4, -0.2) is 28.8 Å². The molecule has 2 rings (SSSR count). The van der Waals surface area contributed by atoms with Crippen LogP contribution < -0.4 is 5.32 Å². The zero-order valence-corrected chi connectivity index (χ0v) is 20.2. The van der Waals surface area contributed by atoms with Gasteiger partial charge in [-0.2, -0.15) is 0 Å². The molecule has 1 N–H and O–H groups in total. The Morgan fingerprint density at radius 2 is 1.58 bits per heavy atom. The van der Waals surface area contributed by atoms with Crippen LogP contribution in [0.3, 0.4) is 0 Å². The Morgan fingerprint density at radius 3 is 2.13 bits per heavy atom. The van der Waals surface area contributed by atoms with Crippen LogP contribution >= 0.6 is 0 Å². The summed E-state index contributed by atoms with van der Waals surface area (Å²) in [5, 5.41) is 2.94. The molecule has 4 nitrogen and oxygen atoms in total. The molecule has 2 aromatic rings. The van der Waals surface area contributed by atoms with Crippen molar-refractivity contribution in [3.05, 3.63) is 70.8 Å². The molecule has 0 radical (unpaired) electrons. The van der Waals surface area contributed by atoms with Crippen molar-refractivity contribution in [1.29, 1.82) is 0 Å². The van der Waals surface area contributed by atoms with Gasteiger partial charge in [0.2, 0.25) is 11.8 Å². The van der Waals surface area contributed by atoms with Gasteiger partial charge in [0.15, 0.2) is 0 Å². The van der Waals surface area contributed by atoms with Crippen LogP contribution in [0.5, 0.6) is 0 Å². The van der Waals surface area contributed by atoms with E-state index in [0.29, 0.717) is 19.4 Å². The van der Waals surface area contributed by atoms with Gasteiger partial charge in [0, 0.05) is 19.0 Å². The van der Waals surface area contributed by atoms with Crippen LogP contribution in [0.1, 0.15) is 70.2 Å². The number of hydrogen-bond acceptors (Lipinski definition) is 2.